The van der Waals surface area contributed by atoms with E-state index in [0.29, 0.717) is 12.2 Å². The molecule has 0 aliphatic carbocycles. The molecule has 0 bridgehead atoms. The number of amides is 1. The second-order valence-electron chi connectivity index (χ2n) is 4.07. The minimum absolute atomic E-state index is 0.141. The summed E-state index contributed by atoms with van der Waals surface area (Å²) in [5.41, 5.74) is 0.656. The number of benzene rings is 1. The van der Waals surface area contributed by atoms with Gasteiger partial charge in [0.15, 0.2) is 0 Å². The van der Waals surface area contributed by atoms with Crippen molar-refractivity contribution in [2.75, 3.05) is 11.9 Å². The van der Waals surface area contributed by atoms with Crippen molar-refractivity contribution < 1.29 is 13.2 Å². The molecule has 0 radical (unpaired) electrons. The number of hydrogen-bond donors (Lipinski definition) is 2. The summed E-state index contributed by atoms with van der Waals surface area (Å²) in [5, 5.41) is 2.61. The van der Waals surface area contributed by atoms with Crippen molar-refractivity contribution in [3.8, 4) is 0 Å². The van der Waals surface area contributed by atoms with Gasteiger partial charge in [0.05, 0.1) is 11.1 Å². The van der Waals surface area contributed by atoms with Crippen LogP contribution in [0.5, 0.6) is 0 Å². The minimum Gasteiger partial charge on any atom is -0.321 e. The van der Waals surface area contributed by atoms with Crippen LogP contribution in [-0.4, -0.2) is 30.8 Å². The molecule has 0 spiro atoms. The highest BCUT2D eigenvalue weighted by Gasteiger charge is 2.13. The molecule has 0 saturated heterocycles. The normalized spacial score (nSPS) is 11.1. The third-order valence-electron chi connectivity index (χ3n) is 2.55. The highest BCUT2D eigenvalue weighted by Crippen LogP contribution is 2.14. The molecular formula is C13H14N4O3S. The second kappa shape index (κ2) is 6.42. The lowest BCUT2D eigenvalue weighted by atomic mass is 10.3. The molecule has 0 unspecified atom stereocenters. The van der Waals surface area contributed by atoms with Gasteiger partial charge < -0.3 is 5.32 Å². The lowest BCUT2D eigenvalue weighted by Crippen LogP contribution is -2.23. The first kappa shape index (κ1) is 15.1. The Morgan fingerprint density at radius 2 is 1.90 bits per heavy atom. The molecule has 2 aromatic rings. The number of carbonyl (C=O) groups is 1. The monoisotopic (exact) mass is 306 g/mol. The van der Waals surface area contributed by atoms with Crippen LogP contribution in [0.4, 0.5) is 5.69 Å². The largest absolute Gasteiger partial charge is 0.321 e. The Morgan fingerprint density at radius 1 is 1.19 bits per heavy atom. The van der Waals surface area contributed by atoms with Gasteiger partial charge in [-0.3, -0.25) is 9.78 Å². The molecular weight excluding hydrogens is 292 g/mol. The van der Waals surface area contributed by atoms with Gasteiger partial charge in [-0.1, -0.05) is 6.92 Å². The van der Waals surface area contributed by atoms with Gasteiger partial charge in [-0.15, -0.1) is 0 Å². The molecule has 1 heterocycles. The van der Waals surface area contributed by atoms with Gasteiger partial charge in [-0.25, -0.2) is 18.1 Å². The predicted molar refractivity (Wildman–Crippen MR) is 77.3 cm³/mol. The second-order valence-corrected chi connectivity index (χ2v) is 5.84. The maximum Gasteiger partial charge on any atom is 0.275 e. The summed E-state index contributed by atoms with van der Waals surface area (Å²) in [6, 6.07) is 5.87. The zero-order chi connectivity index (χ0) is 15.3. The molecule has 110 valence electrons. The van der Waals surface area contributed by atoms with Crippen LogP contribution in [0.1, 0.15) is 17.4 Å². The molecule has 0 aliphatic heterocycles. The number of sulfonamides is 1. The first-order chi connectivity index (χ1) is 10.0. The Kier molecular flexibility index (Phi) is 4.61. The third-order valence-corrected chi connectivity index (χ3v) is 4.11. The van der Waals surface area contributed by atoms with E-state index in [-0.39, 0.29) is 10.6 Å². The molecule has 2 N–H and O–H groups in total. The van der Waals surface area contributed by atoms with E-state index in [2.05, 4.69) is 20.0 Å². The fourth-order valence-corrected chi connectivity index (χ4v) is 2.64. The SMILES string of the molecule is CCNS(=O)(=O)c1ccc(NC(=O)c2cnccn2)cc1. The predicted octanol–water partition coefficient (Wildman–Crippen LogP) is 1.03. The van der Waals surface area contributed by atoms with E-state index < -0.39 is 15.9 Å². The van der Waals surface area contributed by atoms with E-state index in [9.17, 15) is 13.2 Å². The van der Waals surface area contributed by atoms with E-state index in [1.54, 1.807) is 6.92 Å². The number of aromatic nitrogens is 2. The van der Waals surface area contributed by atoms with E-state index in [0.717, 1.165) is 0 Å². The molecule has 1 aromatic carbocycles. The van der Waals surface area contributed by atoms with Gasteiger partial charge >= 0.3 is 0 Å². The minimum atomic E-state index is -3.49. The molecule has 0 saturated carbocycles. The smallest absolute Gasteiger partial charge is 0.275 e. The van der Waals surface area contributed by atoms with Gasteiger partial charge in [0, 0.05) is 24.6 Å². The first-order valence-electron chi connectivity index (χ1n) is 6.20. The summed E-state index contributed by atoms with van der Waals surface area (Å²) >= 11 is 0. The van der Waals surface area contributed by atoms with Crippen molar-refractivity contribution in [3.63, 3.8) is 0 Å². The molecule has 1 aromatic heterocycles. The molecule has 0 atom stereocenters. The number of nitrogens with one attached hydrogen (secondary N) is 2. The van der Waals surface area contributed by atoms with Crippen molar-refractivity contribution in [3.05, 3.63) is 48.5 Å². The zero-order valence-electron chi connectivity index (χ0n) is 11.3. The fourth-order valence-electron chi connectivity index (χ4n) is 1.60. The van der Waals surface area contributed by atoms with Crippen LogP contribution in [0.15, 0.2) is 47.8 Å². The van der Waals surface area contributed by atoms with Gasteiger partial charge in [-0.05, 0) is 24.3 Å². The summed E-state index contributed by atoms with van der Waals surface area (Å²) in [5.74, 6) is -0.412. The van der Waals surface area contributed by atoms with Gasteiger partial charge in [0.1, 0.15) is 5.69 Å². The number of rotatable bonds is 5. The average Bonchev–Trinajstić information content (AvgIpc) is 2.48. The van der Waals surface area contributed by atoms with E-state index in [1.807, 2.05) is 0 Å². The van der Waals surface area contributed by atoms with Crippen LogP contribution in [-0.2, 0) is 10.0 Å². The van der Waals surface area contributed by atoms with Crippen molar-refractivity contribution in [1.29, 1.82) is 0 Å². The van der Waals surface area contributed by atoms with Crippen molar-refractivity contribution in [2.24, 2.45) is 0 Å². The van der Waals surface area contributed by atoms with Crippen molar-refractivity contribution in [1.82, 2.24) is 14.7 Å². The standard InChI is InChI=1S/C13H14N4O3S/c1-2-16-21(19,20)11-5-3-10(4-6-11)17-13(18)12-9-14-7-8-15-12/h3-9,16H,2H2,1H3,(H,17,18). The number of anilines is 1. The summed E-state index contributed by atoms with van der Waals surface area (Å²) in [6.45, 7) is 2.01. The van der Waals surface area contributed by atoms with Crippen molar-refractivity contribution in [2.45, 2.75) is 11.8 Å². The molecule has 0 aliphatic rings. The van der Waals surface area contributed by atoms with Gasteiger partial charge in [0.2, 0.25) is 10.0 Å². The lowest BCUT2D eigenvalue weighted by Gasteiger charge is -2.07. The van der Waals surface area contributed by atoms with Crippen LogP contribution < -0.4 is 10.0 Å². The molecule has 1 amide bonds. The number of nitrogens with zero attached hydrogens (tertiary/aromatic N) is 2. The Balaban J connectivity index is 2.12. The zero-order valence-corrected chi connectivity index (χ0v) is 12.1. The van der Waals surface area contributed by atoms with E-state index >= 15 is 0 Å². The van der Waals surface area contributed by atoms with Crippen LogP contribution in [0.25, 0.3) is 0 Å². The van der Waals surface area contributed by atoms with Crippen LogP contribution in [0.3, 0.4) is 0 Å². The maximum absolute atomic E-state index is 11.9. The van der Waals surface area contributed by atoms with Crippen LogP contribution in [0, 0.1) is 0 Å². The highest BCUT2D eigenvalue weighted by molar-refractivity contribution is 7.89. The molecule has 8 heteroatoms. The summed E-state index contributed by atoms with van der Waals surface area (Å²) in [7, 11) is -3.49. The molecule has 2 rings (SSSR count). The molecule has 7 nitrogen and oxygen atoms in total. The Bertz CT molecular complexity index is 715. The van der Waals surface area contributed by atoms with E-state index in [1.165, 1.54) is 42.9 Å². The maximum atomic E-state index is 11.9. The molecule has 21 heavy (non-hydrogen) atoms. The van der Waals surface area contributed by atoms with Crippen LogP contribution in [0.2, 0.25) is 0 Å². The summed E-state index contributed by atoms with van der Waals surface area (Å²) < 4.78 is 25.9. The first-order valence-corrected chi connectivity index (χ1v) is 7.68. The van der Waals surface area contributed by atoms with E-state index in [4.69, 9.17) is 0 Å². The Morgan fingerprint density at radius 3 is 2.48 bits per heavy atom. The van der Waals surface area contributed by atoms with Gasteiger partial charge in [0.25, 0.3) is 5.91 Å². The summed E-state index contributed by atoms with van der Waals surface area (Å²) in [6.07, 6.45) is 4.23. The third kappa shape index (κ3) is 3.83. The Hall–Kier alpha value is -2.32. The quantitative estimate of drug-likeness (QED) is 0.859. The lowest BCUT2D eigenvalue weighted by molar-refractivity contribution is 0.102. The topological polar surface area (TPSA) is 101 Å². The Labute approximate surface area is 122 Å². The van der Waals surface area contributed by atoms with Crippen molar-refractivity contribution >= 4 is 21.6 Å². The highest BCUT2D eigenvalue weighted by atomic mass is 32.2. The summed E-state index contributed by atoms with van der Waals surface area (Å²) in [4.78, 5) is 19.7. The fraction of sp³-hybridized carbons (Fsp3) is 0.154. The number of hydrogen-bond acceptors (Lipinski definition) is 5. The number of carbonyl (C=O) groups excluding carboxylic acids is 1. The van der Waals surface area contributed by atoms with Gasteiger partial charge in [-0.2, -0.15) is 0 Å². The van der Waals surface area contributed by atoms with Crippen LogP contribution >= 0.6 is 0 Å². The average molecular weight is 306 g/mol. The molecule has 0 fully saturated rings.